The lowest BCUT2D eigenvalue weighted by Gasteiger charge is -2.08. The molecule has 4 rings (SSSR count). The molecule has 2 aromatic heterocycles. The normalized spacial score (nSPS) is 12.4. The highest BCUT2D eigenvalue weighted by molar-refractivity contribution is 7.86. The van der Waals surface area contributed by atoms with Crippen molar-refractivity contribution in [3.05, 3.63) is 53.3 Å². The van der Waals surface area contributed by atoms with Gasteiger partial charge in [-0.05, 0) is 24.3 Å². The minimum atomic E-state index is -6.09. The van der Waals surface area contributed by atoms with Crippen molar-refractivity contribution in [2.24, 2.45) is 7.05 Å². The third kappa shape index (κ3) is 3.50. The highest BCUT2D eigenvalue weighted by atomic mass is 35.5. The van der Waals surface area contributed by atoms with E-state index in [4.69, 9.17) is 24.6 Å². The first-order valence-electron chi connectivity index (χ1n) is 7.61. The molecule has 0 spiro atoms. The van der Waals surface area contributed by atoms with Crippen LogP contribution in [0.4, 0.5) is 17.6 Å². The van der Waals surface area contributed by atoms with Gasteiger partial charge in [0.05, 0.1) is 21.3 Å². The molecule has 0 aliphatic heterocycles. The van der Waals surface area contributed by atoms with Crippen molar-refractivity contribution in [1.29, 1.82) is 0 Å². The van der Waals surface area contributed by atoms with Gasteiger partial charge in [0.15, 0.2) is 10.1 Å². The van der Waals surface area contributed by atoms with E-state index in [1.54, 1.807) is 6.07 Å². The molecule has 0 atom stereocenters. The van der Waals surface area contributed by atoms with E-state index in [-0.39, 0.29) is 5.82 Å². The van der Waals surface area contributed by atoms with Crippen LogP contribution in [0.15, 0.2) is 42.5 Å². The van der Waals surface area contributed by atoms with Crippen LogP contribution in [0.5, 0.6) is 0 Å². The highest BCUT2D eigenvalue weighted by Crippen LogP contribution is 2.32. The van der Waals surface area contributed by atoms with Gasteiger partial charge in [-0.2, -0.15) is 17.7 Å². The van der Waals surface area contributed by atoms with Gasteiger partial charge >= 0.3 is 5.51 Å². The maximum atomic E-state index is 13.4. The number of aromatic amines is 1. The Labute approximate surface area is 160 Å². The van der Waals surface area contributed by atoms with Crippen molar-refractivity contribution in [2.45, 2.75) is 5.51 Å². The van der Waals surface area contributed by atoms with E-state index in [0.29, 0.717) is 5.02 Å². The number of H-pyrrole nitrogens is 1. The number of nitrogens with one attached hydrogen (secondary N) is 1. The topological polar surface area (TPSA) is 76.9 Å². The third-order valence-corrected chi connectivity index (χ3v) is 5.03. The highest BCUT2D eigenvalue weighted by Gasteiger charge is 2.36. The summed E-state index contributed by atoms with van der Waals surface area (Å²) in [7, 11) is -4.09. The predicted molar refractivity (Wildman–Crippen MR) is 95.2 cm³/mol. The number of aromatic nitrogens is 2. The summed E-state index contributed by atoms with van der Waals surface area (Å²) in [6.45, 7) is 0. The first-order chi connectivity index (χ1) is 12.9. The molecule has 11 heteroatoms. The van der Waals surface area contributed by atoms with E-state index in [2.05, 4.69) is 9.55 Å². The monoisotopic (exact) mass is 434 g/mol. The zero-order valence-electron chi connectivity index (χ0n) is 14.0. The summed E-state index contributed by atoms with van der Waals surface area (Å²) < 4.78 is 74.4. The smallest absolute Gasteiger partial charge is 0.485 e. The van der Waals surface area contributed by atoms with Crippen molar-refractivity contribution in [3.63, 3.8) is 0 Å². The molecular formula is C17H11ClF4N2O3S. The first-order valence-corrected chi connectivity index (χ1v) is 9.40. The number of fused-ring (bicyclic) bond motifs is 4. The molecule has 148 valence electrons. The average Bonchev–Trinajstić information content (AvgIpc) is 2.97. The minimum absolute atomic E-state index is 0.257. The molecule has 28 heavy (non-hydrogen) atoms. The number of para-hydroxylation sites is 1. The van der Waals surface area contributed by atoms with Crippen molar-refractivity contribution in [2.75, 3.05) is 0 Å². The van der Waals surface area contributed by atoms with Gasteiger partial charge in [0, 0.05) is 6.07 Å². The first kappa shape index (κ1) is 20.3. The lowest BCUT2D eigenvalue weighted by Crippen LogP contribution is -2.29. The Bertz CT molecular complexity index is 1320. The van der Waals surface area contributed by atoms with Crippen molar-refractivity contribution in [1.82, 2.24) is 4.98 Å². The summed E-state index contributed by atoms with van der Waals surface area (Å²) in [6, 6.07) is 12.7. The Morgan fingerprint density at radius 3 is 2.32 bits per heavy atom. The Hall–Kier alpha value is -2.43. The average molecular weight is 435 g/mol. The Balaban J connectivity index is 0.000000242. The number of alkyl halides is 3. The number of hydrogen-bond donors (Lipinski definition) is 1. The SMILES string of the molecule is C[n+]1c2ccccc2c(Cl)c2[nH]c3cc(F)ccc3c21.O=S(=O)([O-])C(F)(F)F. The number of pyridine rings is 1. The standard InChI is InChI=1S/C16H10ClFN2.CHF3O3S/c1-20-13-5-3-2-4-11(13)14(17)15-16(20)10-7-6-9(18)8-12(10)19-15;2-1(3,4)8(5,6)7/h2-8H,1H3;(H,5,6,7). The van der Waals surface area contributed by atoms with Gasteiger partial charge < -0.3 is 9.54 Å². The summed E-state index contributed by atoms with van der Waals surface area (Å²) >= 11 is 6.52. The van der Waals surface area contributed by atoms with Gasteiger partial charge in [0.25, 0.3) is 0 Å². The molecule has 0 bridgehead atoms. The van der Waals surface area contributed by atoms with Crippen LogP contribution in [-0.4, -0.2) is 23.5 Å². The second-order valence-electron chi connectivity index (χ2n) is 5.83. The molecule has 0 aliphatic carbocycles. The molecule has 0 saturated carbocycles. The maximum Gasteiger partial charge on any atom is 0.485 e. The molecular weight excluding hydrogens is 424 g/mol. The molecule has 0 saturated heterocycles. The van der Waals surface area contributed by atoms with Gasteiger partial charge in [0.1, 0.15) is 18.4 Å². The minimum Gasteiger partial charge on any atom is -0.741 e. The summed E-state index contributed by atoms with van der Waals surface area (Å²) in [5.74, 6) is -0.257. The van der Waals surface area contributed by atoms with Crippen LogP contribution in [0.3, 0.4) is 0 Å². The second kappa shape index (κ2) is 6.87. The van der Waals surface area contributed by atoms with E-state index in [1.807, 2.05) is 31.3 Å². The van der Waals surface area contributed by atoms with Crippen LogP contribution in [0, 0.1) is 5.82 Å². The van der Waals surface area contributed by atoms with E-state index in [0.717, 1.165) is 32.8 Å². The molecule has 5 nitrogen and oxygen atoms in total. The predicted octanol–water partition coefficient (Wildman–Crippen LogP) is 4.14. The Morgan fingerprint density at radius 2 is 1.71 bits per heavy atom. The molecule has 4 aromatic rings. The fourth-order valence-corrected chi connectivity index (χ4v) is 3.17. The molecule has 1 N–H and O–H groups in total. The number of aryl methyl sites for hydroxylation is 1. The van der Waals surface area contributed by atoms with E-state index < -0.39 is 15.6 Å². The Morgan fingerprint density at radius 1 is 1.11 bits per heavy atom. The maximum absolute atomic E-state index is 13.4. The molecule has 0 amide bonds. The Kier molecular flexibility index (Phi) is 4.98. The fraction of sp³-hybridized carbons (Fsp3) is 0.118. The number of nitrogens with zero attached hydrogens (tertiary/aromatic N) is 1. The molecule has 2 heterocycles. The van der Waals surface area contributed by atoms with Crippen molar-refractivity contribution >= 4 is 54.6 Å². The molecule has 0 fully saturated rings. The number of hydrogen-bond acceptors (Lipinski definition) is 3. The lowest BCUT2D eigenvalue weighted by atomic mass is 10.1. The molecule has 2 aromatic carbocycles. The van der Waals surface area contributed by atoms with Gasteiger partial charge in [0.2, 0.25) is 11.0 Å². The van der Waals surface area contributed by atoms with Gasteiger partial charge in [-0.15, -0.1) is 0 Å². The van der Waals surface area contributed by atoms with Crippen LogP contribution in [0.25, 0.3) is 32.8 Å². The summed E-state index contributed by atoms with van der Waals surface area (Å²) in [4.78, 5) is 3.23. The van der Waals surface area contributed by atoms with E-state index in [9.17, 15) is 17.6 Å². The number of benzene rings is 2. The van der Waals surface area contributed by atoms with Crippen molar-refractivity contribution < 1.29 is 35.1 Å². The number of rotatable bonds is 0. The summed E-state index contributed by atoms with van der Waals surface area (Å²) in [5, 5.41) is 2.62. The van der Waals surface area contributed by atoms with Gasteiger partial charge in [-0.3, -0.25) is 0 Å². The van der Waals surface area contributed by atoms with E-state index in [1.165, 1.54) is 12.1 Å². The quantitative estimate of drug-likeness (QED) is 0.195. The zero-order valence-corrected chi connectivity index (χ0v) is 15.6. The van der Waals surface area contributed by atoms with Crippen LogP contribution in [0.1, 0.15) is 0 Å². The summed E-state index contributed by atoms with van der Waals surface area (Å²) in [6.07, 6.45) is 0. The van der Waals surface area contributed by atoms with Crippen molar-refractivity contribution in [3.8, 4) is 0 Å². The molecule has 0 aliphatic rings. The lowest BCUT2D eigenvalue weighted by molar-refractivity contribution is -0.616. The third-order valence-electron chi connectivity index (χ3n) is 4.07. The van der Waals surface area contributed by atoms with E-state index >= 15 is 0 Å². The molecule has 0 unspecified atom stereocenters. The van der Waals surface area contributed by atoms with Crippen LogP contribution in [0.2, 0.25) is 5.02 Å². The number of halogens is 5. The van der Waals surface area contributed by atoms with Crippen LogP contribution in [-0.2, 0) is 17.2 Å². The molecule has 0 radical (unpaired) electrons. The van der Waals surface area contributed by atoms with Crippen LogP contribution < -0.4 is 4.57 Å². The van der Waals surface area contributed by atoms with Gasteiger partial charge in [-0.1, -0.05) is 23.7 Å². The summed E-state index contributed by atoms with van der Waals surface area (Å²) in [5.41, 5.74) is -2.01. The largest absolute Gasteiger partial charge is 0.741 e. The van der Waals surface area contributed by atoms with Crippen LogP contribution >= 0.6 is 11.6 Å². The fourth-order valence-electron chi connectivity index (χ4n) is 2.87. The zero-order chi connectivity index (χ0) is 20.9. The second-order valence-corrected chi connectivity index (χ2v) is 7.58. The van der Waals surface area contributed by atoms with Gasteiger partial charge in [-0.25, -0.2) is 12.8 Å².